The number of methoxy groups -OCH3 is 1. The molecule has 1 aliphatic heterocycles. The molecule has 0 spiro atoms. The molecule has 0 unspecified atom stereocenters. The molecule has 3 aromatic rings. The third-order valence-corrected chi connectivity index (χ3v) is 5.91. The lowest BCUT2D eigenvalue weighted by atomic mass is 9.90. The summed E-state index contributed by atoms with van der Waals surface area (Å²) in [6.07, 6.45) is 2.64. The Morgan fingerprint density at radius 2 is 1.79 bits per heavy atom. The summed E-state index contributed by atoms with van der Waals surface area (Å²) >= 11 is 0. The average Bonchev–Trinajstić information content (AvgIpc) is 3.08. The number of Topliss-reactive ketones (excluding diaryl/α,β-unsaturated/α-hetero) is 1. The number of H-pyrrole nitrogens is 1. The van der Waals surface area contributed by atoms with E-state index < -0.39 is 0 Å². The second-order valence-electron chi connectivity index (χ2n) is 7.74. The molecule has 1 aromatic heterocycles. The number of benzene rings is 2. The number of nitrogens with one attached hydrogen (secondary N) is 1. The Morgan fingerprint density at radius 1 is 1.07 bits per heavy atom. The number of ketones is 1. The minimum absolute atomic E-state index is 0.0498. The van der Waals surface area contributed by atoms with Gasteiger partial charge in [0, 0.05) is 25.1 Å². The smallest absolute Gasteiger partial charge is 0.326 e. The summed E-state index contributed by atoms with van der Waals surface area (Å²) in [7, 11) is 1.62. The minimum atomic E-state index is -0.0498. The number of carbonyl (C=O) groups is 1. The molecule has 2 heterocycles. The Kier molecular flexibility index (Phi) is 5.81. The molecule has 1 N–H and O–H groups in total. The molecule has 0 aliphatic carbocycles. The molecule has 1 saturated heterocycles. The quantitative estimate of drug-likeness (QED) is 0.626. The Balaban J connectivity index is 1.27. The zero-order valence-corrected chi connectivity index (χ0v) is 16.8. The molecule has 0 saturated carbocycles. The van der Waals surface area contributed by atoms with Crippen LogP contribution in [-0.2, 0) is 6.54 Å². The summed E-state index contributed by atoms with van der Waals surface area (Å²) in [5, 5.41) is 0. The first-order valence-corrected chi connectivity index (χ1v) is 10.2. The summed E-state index contributed by atoms with van der Waals surface area (Å²) in [6.45, 7) is 3.47. The number of aromatic amines is 1. The number of likely N-dealkylation sites (tertiary alicyclic amines) is 1. The first-order valence-electron chi connectivity index (χ1n) is 10.2. The van der Waals surface area contributed by atoms with Gasteiger partial charge in [0.1, 0.15) is 5.75 Å². The number of para-hydroxylation sites is 2. The van der Waals surface area contributed by atoms with Gasteiger partial charge in [-0.15, -0.1) is 0 Å². The maximum atomic E-state index is 12.5. The van der Waals surface area contributed by atoms with Crippen LogP contribution < -0.4 is 10.4 Å². The number of imidazole rings is 1. The van der Waals surface area contributed by atoms with E-state index in [0.29, 0.717) is 18.9 Å². The van der Waals surface area contributed by atoms with Gasteiger partial charge in [-0.05, 0) is 68.2 Å². The first-order chi connectivity index (χ1) is 14.1. The Morgan fingerprint density at radius 3 is 2.52 bits per heavy atom. The van der Waals surface area contributed by atoms with Gasteiger partial charge in [0.25, 0.3) is 0 Å². The number of hydrogen-bond acceptors (Lipinski definition) is 4. The largest absolute Gasteiger partial charge is 0.497 e. The fourth-order valence-corrected chi connectivity index (χ4v) is 4.14. The van der Waals surface area contributed by atoms with E-state index >= 15 is 0 Å². The van der Waals surface area contributed by atoms with Crippen LogP contribution in [0.1, 0.15) is 29.6 Å². The monoisotopic (exact) mass is 393 g/mol. The van der Waals surface area contributed by atoms with Crippen molar-refractivity contribution >= 4 is 16.8 Å². The maximum Gasteiger partial charge on any atom is 0.326 e. The van der Waals surface area contributed by atoms with Gasteiger partial charge in [0.15, 0.2) is 5.78 Å². The highest BCUT2D eigenvalue weighted by Crippen LogP contribution is 2.23. The zero-order chi connectivity index (χ0) is 20.2. The van der Waals surface area contributed by atoms with Crippen molar-refractivity contribution in [1.29, 1.82) is 0 Å². The number of carbonyl (C=O) groups excluding carboxylic acids is 1. The predicted octanol–water partition coefficient (Wildman–Crippen LogP) is 3.32. The van der Waals surface area contributed by atoms with Crippen LogP contribution in [0.4, 0.5) is 0 Å². The predicted molar refractivity (Wildman–Crippen MR) is 114 cm³/mol. The van der Waals surface area contributed by atoms with Crippen LogP contribution in [0, 0.1) is 5.92 Å². The number of piperidine rings is 1. The van der Waals surface area contributed by atoms with Crippen LogP contribution in [0.5, 0.6) is 5.75 Å². The van der Waals surface area contributed by atoms with Gasteiger partial charge >= 0.3 is 5.69 Å². The van der Waals surface area contributed by atoms with Crippen molar-refractivity contribution in [2.24, 2.45) is 5.92 Å². The summed E-state index contributed by atoms with van der Waals surface area (Å²) < 4.78 is 6.97. The van der Waals surface area contributed by atoms with Gasteiger partial charge in [-0.1, -0.05) is 12.1 Å². The van der Waals surface area contributed by atoms with Gasteiger partial charge in [-0.25, -0.2) is 4.79 Å². The summed E-state index contributed by atoms with van der Waals surface area (Å²) in [4.78, 5) is 30.0. The van der Waals surface area contributed by atoms with E-state index in [1.165, 1.54) is 0 Å². The molecule has 4 rings (SSSR count). The van der Waals surface area contributed by atoms with Crippen molar-refractivity contribution in [2.45, 2.75) is 25.8 Å². The summed E-state index contributed by atoms with van der Waals surface area (Å²) in [5.41, 5.74) is 2.55. The zero-order valence-electron chi connectivity index (χ0n) is 16.8. The average molecular weight is 393 g/mol. The Bertz CT molecular complexity index is 1030. The van der Waals surface area contributed by atoms with Crippen LogP contribution in [0.25, 0.3) is 11.0 Å². The van der Waals surface area contributed by atoms with Crippen molar-refractivity contribution in [1.82, 2.24) is 14.5 Å². The molecule has 0 amide bonds. The number of hydrogen-bond donors (Lipinski definition) is 1. The summed E-state index contributed by atoms with van der Waals surface area (Å²) in [5.74, 6) is 1.40. The lowest BCUT2D eigenvalue weighted by Gasteiger charge is -2.31. The lowest BCUT2D eigenvalue weighted by molar-refractivity contribution is 0.0926. The molecule has 1 fully saturated rings. The molecule has 2 aromatic carbocycles. The van der Waals surface area contributed by atoms with Gasteiger partial charge < -0.3 is 14.6 Å². The van der Waals surface area contributed by atoms with Crippen LogP contribution >= 0.6 is 0 Å². The standard InChI is InChI=1S/C23H27N3O3/c1-29-19-8-6-18(7-9-19)22(27)16-17-10-12-25(13-11-17)14-15-26-21-5-3-2-4-20(21)24-23(26)28/h2-9,17H,10-16H2,1H3,(H,24,28). The minimum Gasteiger partial charge on any atom is -0.497 e. The van der Waals surface area contributed by atoms with E-state index in [-0.39, 0.29) is 11.5 Å². The number of fused-ring (bicyclic) bond motifs is 1. The van der Waals surface area contributed by atoms with Crippen LogP contribution in [0.3, 0.4) is 0 Å². The van der Waals surface area contributed by atoms with E-state index in [0.717, 1.165) is 54.8 Å². The number of ether oxygens (including phenoxy) is 1. The molecule has 6 nitrogen and oxygen atoms in total. The van der Waals surface area contributed by atoms with Gasteiger partial charge in [0.05, 0.1) is 18.1 Å². The van der Waals surface area contributed by atoms with Crippen molar-refractivity contribution in [3.05, 3.63) is 64.6 Å². The van der Waals surface area contributed by atoms with Gasteiger partial charge in [-0.2, -0.15) is 0 Å². The van der Waals surface area contributed by atoms with Crippen LogP contribution in [0.2, 0.25) is 0 Å². The second kappa shape index (κ2) is 8.66. The van der Waals surface area contributed by atoms with Crippen molar-refractivity contribution in [2.75, 3.05) is 26.7 Å². The van der Waals surface area contributed by atoms with Crippen molar-refractivity contribution < 1.29 is 9.53 Å². The fraction of sp³-hybridized carbons (Fsp3) is 0.391. The van der Waals surface area contributed by atoms with E-state index in [1.807, 2.05) is 53.1 Å². The van der Waals surface area contributed by atoms with E-state index in [9.17, 15) is 9.59 Å². The molecular formula is C23H27N3O3. The van der Waals surface area contributed by atoms with Crippen molar-refractivity contribution in [3.8, 4) is 5.75 Å². The molecule has 0 bridgehead atoms. The van der Waals surface area contributed by atoms with Crippen LogP contribution in [0.15, 0.2) is 53.3 Å². The molecule has 6 heteroatoms. The topological polar surface area (TPSA) is 67.3 Å². The highest BCUT2D eigenvalue weighted by atomic mass is 16.5. The SMILES string of the molecule is COc1ccc(C(=O)CC2CCN(CCn3c(=O)[nH]c4ccccc43)CC2)cc1. The number of nitrogens with zero attached hydrogens (tertiary/aromatic N) is 2. The highest BCUT2D eigenvalue weighted by Gasteiger charge is 2.22. The molecule has 0 atom stereocenters. The third kappa shape index (κ3) is 4.43. The Hall–Kier alpha value is -2.86. The second-order valence-corrected chi connectivity index (χ2v) is 7.74. The molecule has 0 radical (unpaired) electrons. The van der Waals surface area contributed by atoms with E-state index in [2.05, 4.69) is 9.88 Å². The lowest BCUT2D eigenvalue weighted by Crippen LogP contribution is -2.37. The molecule has 29 heavy (non-hydrogen) atoms. The summed E-state index contributed by atoms with van der Waals surface area (Å²) in [6, 6.07) is 15.1. The molecular weight excluding hydrogens is 366 g/mol. The van der Waals surface area contributed by atoms with E-state index in [4.69, 9.17) is 4.74 Å². The highest BCUT2D eigenvalue weighted by molar-refractivity contribution is 5.96. The van der Waals surface area contributed by atoms with Crippen molar-refractivity contribution in [3.63, 3.8) is 0 Å². The molecule has 152 valence electrons. The number of aromatic nitrogens is 2. The van der Waals surface area contributed by atoms with Crippen LogP contribution in [-0.4, -0.2) is 47.0 Å². The van der Waals surface area contributed by atoms with Gasteiger partial charge in [-0.3, -0.25) is 9.36 Å². The number of rotatable bonds is 7. The third-order valence-electron chi connectivity index (χ3n) is 5.91. The first kappa shape index (κ1) is 19.5. The maximum absolute atomic E-state index is 12.5. The van der Waals surface area contributed by atoms with Gasteiger partial charge in [0.2, 0.25) is 0 Å². The normalized spacial score (nSPS) is 15.6. The fourth-order valence-electron chi connectivity index (χ4n) is 4.14. The Labute approximate surface area is 170 Å². The van der Waals surface area contributed by atoms with E-state index in [1.54, 1.807) is 7.11 Å². The molecule has 1 aliphatic rings.